The summed E-state index contributed by atoms with van der Waals surface area (Å²) < 4.78 is 13.3. The Labute approximate surface area is 85.0 Å². The smallest absolute Gasteiger partial charge is 0.423 e. The van der Waals surface area contributed by atoms with Crippen molar-refractivity contribution in [3.8, 4) is 0 Å². The summed E-state index contributed by atoms with van der Waals surface area (Å²) >= 11 is 5.81. The van der Waals surface area contributed by atoms with E-state index in [1.54, 1.807) is 0 Å². The standard InChI is InChI=1S/C5H3BBr2FNO2/c7-3-1-2(6(11)12)4(9)5(8)10-3/h1,11-12H. The van der Waals surface area contributed by atoms with Crippen molar-refractivity contribution in [1.82, 2.24) is 4.98 Å². The molecule has 3 nitrogen and oxygen atoms in total. The fourth-order valence-electron chi connectivity index (χ4n) is 0.674. The highest BCUT2D eigenvalue weighted by atomic mass is 79.9. The monoisotopic (exact) mass is 297 g/mol. The Hall–Kier alpha value is 0.0249. The van der Waals surface area contributed by atoms with Gasteiger partial charge in [0.15, 0.2) is 5.82 Å². The normalized spacial score (nSPS) is 10.1. The van der Waals surface area contributed by atoms with Crippen LogP contribution < -0.4 is 5.46 Å². The molecule has 0 amide bonds. The molecule has 0 bridgehead atoms. The van der Waals surface area contributed by atoms with Crippen LogP contribution in [0.2, 0.25) is 0 Å². The summed E-state index contributed by atoms with van der Waals surface area (Å²) in [5.74, 6) is -0.770. The first-order chi connectivity index (χ1) is 5.52. The van der Waals surface area contributed by atoms with Crippen molar-refractivity contribution in [1.29, 1.82) is 0 Å². The topological polar surface area (TPSA) is 53.4 Å². The van der Waals surface area contributed by atoms with Crippen molar-refractivity contribution in [3.05, 3.63) is 21.1 Å². The molecule has 12 heavy (non-hydrogen) atoms. The third-order valence-electron chi connectivity index (χ3n) is 1.19. The van der Waals surface area contributed by atoms with Crippen LogP contribution in [0.5, 0.6) is 0 Å². The van der Waals surface area contributed by atoms with Crippen molar-refractivity contribution >= 4 is 44.4 Å². The van der Waals surface area contributed by atoms with E-state index in [0.717, 1.165) is 0 Å². The fraction of sp³-hybridized carbons (Fsp3) is 0. The zero-order valence-electron chi connectivity index (χ0n) is 5.63. The van der Waals surface area contributed by atoms with E-state index >= 15 is 0 Å². The Morgan fingerprint density at radius 2 is 2.00 bits per heavy atom. The number of nitrogens with zero attached hydrogens (tertiary/aromatic N) is 1. The van der Waals surface area contributed by atoms with E-state index in [2.05, 4.69) is 36.8 Å². The summed E-state index contributed by atoms with van der Waals surface area (Å²) in [6.07, 6.45) is 0. The molecule has 0 unspecified atom stereocenters. The molecule has 1 rings (SSSR count). The molecule has 1 heterocycles. The van der Waals surface area contributed by atoms with E-state index in [-0.39, 0.29) is 10.1 Å². The molecule has 0 aliphatic heterocycles. The van der Waals surface area contributed by atoms with Crippen LogP contribution in [-0.4, -0.2) is 22.2 Å². The predicted molar refractivity (Wildman–Crippen MR) is 49.4 cm³/mol. The predicted octanol–water partition coefficient (Wildman–Crippen LogP) is 0.425. The van der Waals surface area contributed by atoms with Gasteiger partial charge in [-0.1, -0.05) is 0 Å². The Bertz CT molecular complexity index is 310. The maximum absolute atomic E-state index is 13.0. The highest BCUT2D eigenvalue weighted by Gasteiger charge is 2.19. The van der Waals surface area contributed by atoms with E-state index in [4.69, 9.17) is 10.0 Å². The summed E-state index contributed by atoms with van der Waals surface area (Å²) in [4.78, 5) is 3.65. The van der Waals surface area contributed by atoms with Crippen LogP contribution in [0.3, 0.4) is 0 Å². The molecule has 0 atom stereocenters. The van der Waals surface area contributed by atoms with Gasteiger partial charge in [0.1, 0.15) is 9.21 Å². The lowest BCUT2D eigenvalue weighted by Gasteiger charge is -2.02. The van der Waals surface area contributed by atoms with Crippen LogP contribution in [-0.2, 0) is 0 Å². The Morgan fingerprint density at radius 3 is 2.50 bits per heavy atom. The zero-order chi connectivity index (χ0) is 9.30. The van der Waals surface area contributed by atoms with Gasteiger partial charge < -0.3 is 10.0 Å². The van der Waals surface area contributed by atoms with E-state index < -0.39 is 12.9 Å². The van der Waals surface area contributed by atoms with Crippen LogP contribution in [0.4, 0.5) is 4.39 Å². The molecular formula is C5H3BBr2FNO2. The lowest BCUT2D eigenvalue weighted by Crippen LogP contribution is -2.33. The first-order valence-electron chi connectivity index (χ1n) is 2.90. The number of hydrogen-bond donors (Lipinski definition) is 2. The quantitative estimate of drug-likeness (QED) is 0.584. The SMILES string of the molecule is OB(O)c1cc(Br)nc(Br)c1F. The molecule has 0 saturated heterocycles. The summed E-state index contributed by atoms with van der Waals surface area (Å²) in [5, 5.41) is 17.4. The molecule has 1 aromatic heterocycles. The van der Waals surface area contributed by atoms with Gasteiger partial charge in [-0.05, 0) is 37.9 Å². The number of halogens is 3. The van der Waals surface area contributed by atoms with Gasteiger partial charge >= 0.3 is 7.12 Å². The molecule has 7 heteroatoms. The summed E-state index contributed by atoms with van der Waals surface area (Å²) in [7, 11) is -1.83. The number of hydrogen-bond acceptors (Lipinski definition) is 3. The van der Waals surface area contributed by atoms with Crippen molar-refractivity contribution in [2.24, 2.45) is 0 Å². The Kier molecular flexibility index (Phi) is 3.22. The van der Waals surface area contributed by atoms with Gasteiger partial charge in [-0.2, -0.15) is 0 Å². The van der Waals surface area contributed by atoms with Gasteiger partial charge in [0, 0.05) is 5.46 Å². The average molecular weight is 299 g/mol. The van der Waals surface area contributed by atoms with Gasteiger partial charge in [0.2, 0.25) is 0 Å². The molecule has 0 spiro atoms. The molecule has 64 valence electrons. The number of aromatic nitrogens is 1. The second kappa shape index (κ2) is 3.82. The van der Waals surface area contributed by atoms with E-state index in [1.165, 1.54) is 6.07 Å². The minimum absolute atomic E-state index is 0.0556. The Balaban J connectivity index is 3.28. The minimum Gasteiger partial charge on any atom is -0.423 e. The Morgan fingerprint density at radius 1 is 1.42 bits per heavy atom. The van der Waals surface area contributed by atoms with Crippen LogP contribution >= 0.6 is 31.9 Å². The molecule has 0 saturated carbocycles. The summed E-state index contributed by atoms with van der Waals surface area (Å²) in [6, 6.07) is 1.20. The second-order valence-corrected chi connectivity index (χ2v) is 3.58. The largest absolute Gasteiger partial charge is 0.491 e. The number of pyridine rings is 1. The second-order valence-electron chi connectivity index (χ2n) is 2.01. The van der Waals surface area contributed by atoms with Gasteiger partial charge in [-0.25, -0.2) is 9.37 Å². The highest BCUT2D eigenvalue weighted by molar-refractivity contribution is 9.11. The molecule has 0 radical (unpaired) electrons. The summed E-state index contributed by atoms with van der Waals surface area (Å²) in [5.41, 5.74) is -0.219. The maximum Gasteiger partial charge on any atom is 0.491 e. The minimum atomic E-state index is -1.83. The maximum atomic E-state index is 13.0. The van der Waals surface area contributed by atoms with Crippen molar-refractivity contribution in [3.63, 3.8) is 0 Å². The highest BCUT2D eigenvalue weighted by Crippen LogP contribution is 2.14. The fourth-order valence-corrected chi connectivity index (χ4v) is 1.76. The molecule has 2 N–H and O–H groups in total. The van der Waals surface area contributed by atoms with Gasteiger partial charge in [-0.3, -0.25) is 0 Å². The molecule has 1 aromatic rings. The van der Waals surface area contributed by atoms with Crippen molar-refractivity contribution < 1.29 is 14.4 Å². The molecule has 0 aromatic carbocycles. The number of rotatable bonds is 1. The van der Waals surface area contributed by atoms with E-state index in [1.807, 2.05) is 0 Å². The molecule has 0 fully saturated rings. The van der Waals surface area contributed by atoms with E-state index in [0.29, 0.717) is 4.60 Å². The first kappa shape index (κ1) is 10.1. The van der Waals surface area contributed by atoms with Crippen molar-refractivity contribution in [2.75, 3.05) is 0 Å². The van der Waals surface area contributed by atoms with Crippen LogP contribution in [0.1, 0.15) is 0 Å². The van der Waals surface area contributed by atoms with Crippen LogP contribution in [0.15, 0.2) is 15.3 Å². The molecular weight excluding hydrogens is 296 g/mol. The molecule has 0 aliphatic carbocycles. The summed E-state index contributed by atoms with van der Waals surface area (Å²) in [6.45, 7) is 0. The average Bonchev–Trinajstić information content (AvgIpc) is 1.96. The van der Waals surface area contributed by atoms with E-state index in [9.17, 15) is 4.39 Å². The van der Waals surface area contributed by atoms with Crippen molar-refractivity contribution in [2.45, 2.75) is 0 Å². The molecule has 0 aliphatic rings. The zero-order valence-corrected chi connectivity index (χ0v) is 8.80. The van der Waals surface area contributed by atoms with Crippen LogP contribution in [0, 0.1) is 5.82 Å². The van der Waals surface area contributed by atoms with Crippen LogP contribution in [0.25, 0.3) is 0 Å². The third kappa shape index (κ3) is 2.04. The first-order valence-corrected chi connectivity index (χ1v) is 4.48. The third-order valence-corrected chi connectivity index (χ3v) is 2.12. The lowest BCUT2D eigenvalue weighted by atomic mass is 9.81. The van der Waals surface area contributed by atoms with Gasteiger partial charge in [-0.15, -0.1) is 0 Å². The van der Waals surface area contributed by atoms with Gasteiger partial charge in [0.05, 0.1) is 0 Å². The van der Waals surface area contributed by atoms with Gasteiger partial charge in [0.25, 0.3) is 0 Å². The lowest BCUT2D eigenvalue weighted by molar-refractivity contribution is 0.422.